The normalized spacial score (nSPS) is 13.2. The van der Waals surface area contributed by atoms with Crippen molar-refractivity contribution < 1.29 is 13.5 Å². The van der Waals surface area contributed by atoms with Gasteiger partial charge in [0.25, 0.3) is 0 Å². The Bertz CT molecular complexity index is 1940. The zero-order valence-corrected chi connectivity index (χ0v) is 22.6. The smallest absolute Gasteiger partial charge is 0.235 e. The van der Waals surface area contributed by atoms with Crippen molar-refractivity contribution in [2.24, 2.45) is 19.1 Å². The number of fused-ring (bicyclic) bond motifs is 2. The van der Waals surface area contributed by atoms with Crippen LogP contribution in [0.4, 0.5) is 5.69 Å². The molecule has 0 fully saturated rings. The van der Waals surface area contributed by atoms with Gasteiger partial charge in [0.1, 0.15) is 5.35 Å². The lowest BCUT2D eigenvalue weighted by Gasteiger charge is -2.12. The van der Waals surface area contributed by atoms with Crippen molar-refractivity contribution in [2.45, 2.75) is 20.4 Å². The van der Waals surface area contributed by atoms with E-state index in [9.17, 15) is 13.5 Å². The number of hydrogen-bond donors (Lipinski definition) is 2. The predicted octanol–water partition coefficient (Wildman–Crippen LogP) is 3.47. The molecule has 0 radical (unpaired) electrons. The SMILES string of the molecule is C=c1c(-c2cc(NS(=O)(=O)CC)c3cnn(Cc4cccc5c4ccn5C)c3c2)cn(C)/c1=C(O)/N=C\C. The van der Waals surface area contributed by atoms with Gasteiger partial charge in [-0.3, -0.25) is 9.40 Å². The summed E-state index contributed by atoms with van der Waals surface area (Å²) < 4.78 is 33.6. The van der Waals surface area contributed by atoms with Gasteiger partial charge < -0.3 is 14.2 Å². The monoisotopic (exact) mass is 530 g/mol. The van der Waals surface area contributed by atoms with Crippen molar-refractivity contribution in [3.8, 4) is 11.1 Å². The van der Waals surface area contributed by atoms with Gasteiger partial charge in [0.15, 0.2) is 0 Å². The number of aliphatic imine (C=N–C) groups is 1. The summed E-state index contributed by atoms with van der Waals surface area (Å²) in [5.74, 6) is -0.197. The zero-order chi connectivity index (χ0) is 27.2. The summed E-state index contributed by atoms with van der Waals surface area (Å²) in [5.41, 5.74) is 4.93. The molecule has 38 heavy (non-hydrogen) atoms. The Labute approximate surface area is 220 Å². The molecule has 0 spiro atoms. The van der Waals surface area contributed by atoms with Crippen LogP contribution in [0.15, 0.2) is 60.0 Å². The van der Waals surface area contributed by atoms with Gasteiger partial charge in [-0.2, -0.15) is 5.10 Å². The Balaban J connectivity index is 1.73. The number of aliphatic hydroxyl groups excluding tert-OH is 1. The largest absolute Gasteiger partial charge is 0.492 e. The summed E-state index contributed by atoms with van der Waals surface area (Å²) in [5, 5.41) is 18.0. The fourth-order valence-electron chi connectivity index (χ4n) is 4.85. The molecule has 3 heterocycles. The molecule has 0 aliphatic carbocycles. The van der Waals surface area contributed by atoms with Gasteiger partial charge in [-0.05, 0) is 49.2 Å². The van der Waals surface area contributed by atoms with Crippen LogP contribution in [0.2, 0.25) is 0 Å². The van der Waals surface area contributed by atoms with Crippen molar-refractivity contribution in [1.82, 2.24) is 18.9 Å². The average molecular weight is 531 g/mol. The Morgan fingerprint density at radius 3 is 2.68 bits per heavy atom. The van der Waals surface area contributed by atoms with Crippen molar-refractivity contribution >= 4 is 56.2 Å². The number of rotatable bonds is 7. The van der Waals surface area contributed by atoms with Crippen LogP contribution in [0, 0.1) is 0 Å². The zero-order valence-electron chi connectivity index (χ0n) is 21.8. The third kappa shape index (κ3) is 4.37. The number of anilines is 1. The Morgan fingerprint density at radius 1 is 1.16 bits per heavy atom. The lowest BCUT2D eigenvalue weighted by molar-refractivity contribution is 0.488. The molecule has 10 heteroatoms. The van der Waals surface area contributed by atoms with E-state index >= 15 is 0 Å². The molecule has 0 saturated carbocycles. The lowest BCUT2D eigenvalue weighted by atomic mass is 10.0. The number of aromatic nitrogens is 4. The molecule has 0 aliphatic rings. The summed E-state index contributed by atoms with van der Waals surface area (Å²) in [6.45, 7) is 8.02. The number of nitrogens with one attached hydrogen (secondary N) is 1. The Hall–Kier alpha value is -4.31. The summed E-state index contributed by atoms with van der Waals surface area (Å²) in [4.78, 5) is 4.01. The minimum absolute atomic E-state index is 0.0587. The summed E-state index contributed by atoms with van der Waals surface area (Å²) >= 11 is 0. The molecule has 196 valence electrons. The molecular formula is C28H30N6O3S. The minimum Gasteiger partial charge on any atom is -0.492 e. The van der Waals surface area contributed by atoms with E-state index in [0.29, 0.717) is 28.2 Å². The molecule has 2 N–H and O–H groups in total. The van der Waals surface area contributed by atoms with Crippen molar-refractivity contribution in [2.75, 3.05) is 10.5 Å². The van der Waals surface area contributed by atoms with Gasteiger partial charge >= 0.3 is 0 Å². The average Bonchev–Trinajstić information content (AvgIpc) is 3.55. The van der Waals surface area contributed by atoms with E-state index in [1.165, 1.54) is 6.21 Å². The van der Waals surface area contributed by atoms with Crippen LogP contribution in [0.1, 0.15) is 19.4 Å². The van der Waals surface area contributed by atoms with Gasteiger partial charge in [-0.1, -0.05) is 18.7 Å². The van der Waals surface area contributed by atoms with E-state index in [4.69, 9.17) is 0 Å². The maximum Gasteiger partial charge on any atom is 0.235 e. The Morgan fingerprint density at radius 2 is 1.95 bits per heavy atom. The standard InChI is InChI=1S/C28H30N6O3S/c1-6-29-28(35)27-18(3)23(17-33(27)5)20-13-24(31-38(36,37)7-2)22-15-30-34(26(22)14-20)16-19-9-8-10-25-21(19)11-12-32(25)4/h6,8-15,17,31,35H,3,7,16H2,1-2,4-5H3/b28-27-,29-6-. The third-order valence-corrected chi connectivity index (χ3v) is 8.10. The number of aryl methyl sites for hydroxylation is 2. The quantitative estimate of drug-likeness (QED) is 0.314. The summed E-state index contributed by atoms with van der Waals surface area (Å²) in [7, 11) is 0.271. The molecule has 5 rings (SSSR count). The number of sulfonamides is 1. The topological polar surface area (TPSA) is 106 Å². The fraction of sp³-hybridized carbons (Fsp3) is 0.214. The molecule has 0 atom stereocenters. The van der Waals surface area contributed by atoms with Crippen LogP contribution >= 0.6 is 0 Å². The first-order chi connectivity index (χ1) is 18.1. The number of nitrogens with zero attached hydrogens (tertiary/aromatic N) is 5. The molecule has 3 aromatic heterocycles. The van der Waals surface area contributed by atoms with Crippen LogP contribution in [0.5, 0.6) is 0 Å². The van der Waals surface area contributed by atoms with E-state index in [0.717, 1.165) is 33.1 Å². The van der Waals surface area contributed by atoms with E-state index in [1.54, 1.807) is 37.7 Å². The number of hydrogen-bond acceptors (Lipinski definition) is 5. The van der Waals surface area contributed by atoms with Gasteiger partial charge in [-0.25, -0.2) is 13.4 Å². The van der Waals surface area contributed by atoms with Crippen molar-refractivity contribution in [3.63, 3.8) is 0 Å². The first-order valence-corrected chi connectivity index (χ1v) is 13.9. The molecule has 9 nitrogen and oxygen atoms in total. The highest BCUT2D eigenvalue weighted by Gasteiger charge is 2.17. The van der Waals surface area contributed by atoms with Crippen LogP contribution < -0.4 is 15.3 Å². The molecular weight excluding hydrogens is 500 g/mol. The van der Waals surface area contributed by atoms with Gasteiger partial charge in [0, 0.05) is 59.8 Å². The van der Waals surface area contributed by atoms with Crippen LogP contribution in [-0.4, -0.2) is 44.4 Å². The predicted molar refractivity (Wildman–Crippen MR) is 154 cm³/mol. The van der Waals surface area contributed by atoms with Crippen LogP contribution in [-0.2, 0) is 30.7 Å². The summed E-state index contributed by atoms with van der Waals surface area (Å²) in [6, 6.07) is 12.0. The van der Waals surface area contributed by atoms with Gasteiger partial charge in [-0.15, -0.1) is 0 Å². The first kappa shape index (κ1) is 25.3. The minimum atomic E-state index is -3.55. The first-order valence-electron chi connectivity index (χ1n) is 12.2. The molecule has 2 aromatic carbocycles. The van der Waals surface area contributed by atoms with Gasteiger partial charge in [0.05, 0.1) is 29.7 Å². The molecule has 0 bridgehead atoms. The second kappa shape index (κ2) is 9.53. The maximum atomic E-state index is 12.6. The van der Waals surface area contributed by atoms with E-state index < -0.39 is 10.0 Å². The van der Waals surface area contributed by atoms with E-state index in [1.807, 2.05) is 36.3 Å². The number of benzene rings is 2. The molecule has 0 aliphatic heterocycles. The molecule has 0 amide bonds. The van der Waals surface area contributed by atoms with Crippen LogP contribution in [0.25, 0.3) is 45.4 Å². The second-order valence-electron chi connectivity index (χ2n) is 9.23. The molecule has 0 unspecified atom stereocenters. The van der Waals surface area contributed by atoms with E-state index in [-0.39, 0.29) is 11.6 Å². The van der Waals surface area contributed by atoms with Crippen LogP contribution in [0.3, 0.4) is 0 Å². The number of aliphatic hydroxyl groups is 1. The lowest BCUT2D eigenvalue weighted by Crippen LogP contribution is -2.29. The highest BCUT2D eigenvalue weighted by atomic mass is 32.2. The third-order valence-electron chi connectivity index (χ3n) is 6.81. The fourth-order valence-corrected chi connectivity index (χ4v) is 5.50. The Kier molecular flexibility index (Phi) is 6.36. The van der Waals surface area contributed by atoms with Crippen molar-refractivity contribution in [3.05, 3.63) is 71.1 Å². The highest BCUT2D eigenvalue weighted by Crippen LogP contribution is 2.31. The highest BCUT2D eigenvalue weighted by molar-refractivity contribution is 7.92. The second-order valence-corrected chi connectivity index (χ2v) is 11.2. The molecule has 5 aromatic rings. The maximum absolute atomic E-state index is 12.6. The molecule has 0 saturated heterocycles. The van der Waals surface area contributed by atoms with E-state index in [2.05, 4.69) is 44.2 Å². The van der Waals surface area contributed by atoms with Gasteiger partial charge in [0.2, 0.25) is 15.9 Å². The summed E-state index contributed by atoms with van der Waals surface area (Å²) in [6.07, 6.45) is 7.08. The van der Waals surface area contributed by atoms with Crippen molar-refractivity contribution in [1.29, 1.82) is 0 Å².